The van der Waals surface area contributed by atoms with Crippen LogP contribution in [0.25, 0.3) is 67.3 Å². The molecule has 0 amide bonds. The molecule has 0 aliphatic rings. The highest BCUT2D eigenvalue weighted by atomic mass is 15.2. The molecule has 6 nitrogen and oxygen atoms in total. The van der Waals surface area contributed by atoms with E-state index in [1.54, 1.807) is 0 Å². The van der Waals surface area contributed by atoms with Crippen LogP contribution in [0.1, 0.15) is 0 Å². The summed E-state index contributed by atoms with van der Waals surface area (Å²) >= 11 is 0. The average Bonchev–Trinajstić information content (AvgIpc) is 4.01. The fourth-order valence-electron chi connectivity index (χ4n) is 9.29. The zero-order valence-corrected chi connectivity index (χ0v) is 37.1. The highest BCUT2D eigenvalue weighted by Crippen LogP contribution is 2.40. The van der Waals surface area contributed by atoms with Gasteiger partial charge in [0.2, 0.25) is 0 Å². The number of rotatable bonds is 11. The fraction of sp³-hybridized carbons (Fsp3) is 0. The lowest BCUT2D eigenvalue weighted by Crippen LogP contribution is -2.10. The van der Waals surface area contributed by atoms with Crippen LogP contribution in [-0.2, 0) is 0 Å². The maximum Gasteiger partial charge on any atom is 0.145 e. The Morgan fingerprint density at radius 2 is 0.500 bits per heavy atom. The molecule has 2 heterocycles. The minimum Gasteiger partial charge on any atom is -0.311 e. The molecule has 0 saturated carbocycles. The van der Waals surface area contributed by atoms with Gasteiger partial charge in [0, 0.05) is 56.6 Å². The van der Waals surface area contributed by atoms with Gasteiger partial charge < -0.3 is 9.80 Å². The Hall–Kier alpha value is -9.26. The lowest BCUT2D eigenvalue weighted by molar-refractivity contribution is 1.10. The molecule has 0 aliphatic carbocycles. The summed E-state index contributed by atoms with van der Waals surface area (Å²) in [5.41, 5.74) is 17.0. The van der Waals surface area contributed by atoms with Gasteiger partial charge in [-0.3, -0.25) is 9.13 Å². The summed E-state index contributed by atoms with van der Waals surface area (Å²) in [7, 11) is 0. The summed E-state index contributed by atoms with van der Waals surface area (Å²) in [4.78, 5) is 14.8. The van der Waals surface area contributed by atoms with Gasteiger partial charge in [0.1, 0.15) is 11.6 Å². The van der Waals surface area contributed by atoms with Crippen molar-refractivity contribution >= 4 is 56.2 Å². The van der Waals surface area contributed by atoms with Crippen LogP contribution in [0.3, 0.4) is 0 Å². The Labute approximate surface area is 395 Å². The van der Waals surface area contributed by atoms with Crippen molar-refractivity contribution in [2.24, 2.45) is 0 Å². The van der Waals surface area contributed by atoms with E-state index < -0.39 is 0 Å². The molecule has 0 spiro atoms. The van der Waals surface area contributed by atoms with E-state index in [4.69, 9.17) is 9.97 Å². The number of para-hydroxylation sites is 8. The van der Waals surface area contributed by atoms with Gasteiger partial charge in [-0.2, -0.15) is 0 Å². The lowest BCUT2D eigenvalue weighted by Gasteiger charge is -2.26. The second kappa shape index (κ2) is 17.6. The van der Waals surface area contributed by atoms with Crippen LogP contribution < -0.4 is 9.80 Å². The van der Waals surface area contributed by atoms with Crippen molar-refractivity contribution in [1.82, 2.24) is 19.1 Å². The third-order valence-electron chi connectivity index (χ3n) is 12.5. The molecule has 10 aromatic carbocycles. The summed E-state index contributed by atoms with van der Waals surface area (Å²) in [6, 6.07) is 93.8. The van der Waals surface area contributed by atoms with Crippen molar-refractivity contribution in [2.45, 2.75) is 0 Å². The van der Waals surface area contributed by atoms with Crippen LogP contribution in [0.2, 0.25) is 0 Å². The average molecular weight is 873 g/mol. The highest BCUT2D eigenvalue weighted by Gasteiger charge is 2.19. The minimum atomic E-state index is 0.910. The normalized spacial score (nSPS) is 11.2. The number of aromatic nitrogens is 4. The Bertz CT molecular complexity index is 3380. The summed E-state index contributed by atoms with van der Waals surface area (Å²) in [6.45, 7) is 0. The standard InChI is InChI=1S/C62H44N6/c1-5-17-49(18-6-1)65(55-41-33-47(34-42-55)61-63-57-25-13-15-27-59(57)67(61)51-21-9-3-10-22-51)53-37-29-45(30-38-53)46-31-39-54(40-32-46)66(50-19-7-2-8-20-50)56-43-35-48(36-44-56)62-64-58-26-14-16-28-60(58)68(62)52-23-11-4-12-24-52/h1-44H. The van der Waals surface area contributed by atoms with E-state index in [1.807, 2.05) is 24.3 Å². The van der Waals surface area contributed by atoms with Crippen LogP contribution >= 0.6 is 0 Å². The molecular formula is C62H44N6. The Balaban J connectivity index is 0.839. The number of hydrogen-bond acceptors (Lipinski definition) is 4. The predicted octanol–water partition coefficient (Wildman–Crippen LogP) is 16.3. The van der Waals surface area contributed by atoms with Gasteiger partial charge in [0.25, 0.3) is 0 Å². The molecule has 0 radical (unpaired) electrons. The van der Waals surface area contributed by atoms with Gasteiger partial charge in [0.15, 0.2) is 0 Å². The molecule has 322 valence electrons. The maximum absolute atomic E-state index is 5.11. The van der Waals surface area contributed by atoms with Crippen LogP contribution in [0.5, 0.6) is 0 Å². The molecule has 2 aromatic heterocycles. The van der Waals surface area contributed by atoms with Crippen LogP contribution in [0.4, 0.5) is 34.1 Å². The SMILES string of the molecule is c1ccc(N(c2ccc(-c3ccc(N(c4ccccc4)c4ccc(-c5nc6ccccc6n5-c5ccccc5)cc4)cc3)cc2)c2ccc(-c3nc4ccccc4n3-c3ccccc3)cc2)cc1. The zero-order valence-electron chi connectivity index (χ0n) is 37.1. The van der Waals surface area contributed by atoms with Crippen molar-refractivity contribution in [3.8, 4) is 45.3 Å². The van der Waals surface area contributed by atoms with Gasteiger partial charge in [-0.1, -0.05) is 121 Å². The van der Waals surface area contributed by atoms with Gasteiger partial charge in [-0.25, -0.2) is 9.97 Å². The second-order valence-electron chi connectivity index (χ2n) is 16.7. The van der Waals surface area contributed by atoms with Crippen LogP contribution in [-0.4, -0.2) is 19.1 Å². The van der Waals surface area contributed by atoms with E-state index in [0.717, 1.165) is 101 Å². The summed E-state index contributed by atoms with van der Waals surface area (Å²) in [6.07, 6.45) is 0. The number of imidazole rings is 2. The quantitative estimate of drug-likeness (QED) is 0.130. The Morgan fingerprint density at radius 3 is 0.838 bits per heavy atom. The molecule has 0 unspecified atom stereocenters. The van der Waals surface area contributed by atoms with Crippen molar-refractivity contribution < 1.29 is 0 Å². The van der Waals surface area contributed by atoms with E-state index in [1.165, 1.54) is 0 Å². The van der Waals surface area contributed by atoms with Gasteiger partial charge >= 0.3 is 0 Å². The van der Waals surface area contributed by atoms with E-state index in [0.29, 0.717) is 0 Å². The summed E-state index contributed by atoms with van der Waals surface area (Å²) in [5, 5.41) is 0. The van der Waals surface area contributed by atoms with Crippen molar-refractivity contribution in [3.63, 3.8) is 0 Å². The third-order valence-corrected chi connectivity index (χ3v) is 12.5. The van der Waals surface area contributed by atoms with Gasteiger partial charge in [-0.05, 0) is 157 Å². The first kappa shape index (κ1) is 40.3. The smallest absolute Gasteiger partial charge is 0.145 e. The topological polar surface area (TPSA) is 42.1 Å². The van der Waals surface area contributed by atoms with Crippen molar-refractivity contribution in [3.05, 3.63) is 267 Å². The molecule has 12 aromatic rings. The number of nitrogens with zero attached hydrogens (tertiary/aromatic N) is 6. The largest absolute Gasteiger partial charge is 0.311 e. The molecule has 0 N–H and O–H groups in total. The monoisotopic (exact) mass is 872 g/mol. The maximum atomic E-state index is 5.11. The Kier molecular flexibility index (Phi) is 10.4. The number of anilines is 6. The number of fused-ring (bicyclic) bond motifs is 2. The number of hydrogen-bond donors (Lipinski definition) is 0. The zero-order chi connectivity index (χ0) is 45.2. The first-order valence-corrected chi connectivity index (χ1v) is 22.9. The van der Waals surface area contributed by atoms with Gasteiger partial charge in [-0.15, -0.1) is 0 Å². The predicted molar refractivity (Wildman–Crippen MR) is 281 cm³/mol. The second-order valence-corrected chi connectivity index (χ2v) is 16.7. The third kappa shape index (κ3) is 7.56. The molecule has 0 atom stereocenters. The number of benzene rings is 10. The first-order valence-electron chi connectivity index (χ1n) is 22.9. The minimum absolute atomic E-state index is 0.910. The van der Waals surface area contributed by atoms with E-state index in [2.05, 4.69) is 262 Å². The van der Waals surface area contributed by atoms with E-state index in [-0.39, 0.29) is 0 Å². The lowest BCUT2D eigenvalue weighted by atomic mass is 10.0. The molecule has 6 heteroatoms. The van der Waals surface area contributed by atoms with E-state index in [9.17, 15) is 0 Å². The summed E-state index contributed by atoms with van der Waals surface area (Å²) < 4.78 is 4.49. The molecule has 0 saturated heterocycles. The summed E-state index contributed by atoms with van der Waals surface area (Å²) in [5.74, 6) is 1.82. The van der Waals surface area contributed by atoms with Crippen molar-refractivity contribution in [1.29, 1.82) is 0 Å². The Morgan fingerprint density at radius 1 is 0.235 bits per heavy atom. The van der Waals surface area contributed by atoms with Crippen LogP contribution in [0, 0.1) is 0 Å². The van der Waals surface area contributed by atoms with Crippen LogP contribution in [0.15, 0.2) is 267 Å². The molecular weight excluding hydrogens is 829 g/mol. The first-order chi connectivity index (χ1) is 33.7. The molecule has 0 fully saturated rings. The molecule has 68 heavy (non-hydrogen) atoms. The molecule has 0 bridgehead atoms. The van der Waals surface area contributed by atoms with Gasteiger partial charge in [0.05, 0.1) is 22.1 Å². The highest BCUT2D eigenvalue weighted by molar-refractivity contribution is 5.87. The fourth-order valence-corrected chi connectivity index (χ4v) is 9.29. The van der Waals surface area contributed by atoms with E-state index >= 15 is 0 Å². The van der Waals surface area contributed by atoms with Crippen molar-refractivity contribution in [2.75, 3.05) is 9.80 Å². The molecule has 0 aliphatic heterocycles. The molecule has 12 rings (SSSR count).